The minimum absolute atomic E-state index is 0.789. The predicted octanol–water partition coefficient (Wildman–Crippen LogP) is 1.92. The second-order valence-corrected chi connectivity index (χ2v) is 4.75. The summed E-state index contributed by atoms with van der Waals surface area (Å²) < 4.78 is 5.91. The first kappa shape index (κ1) is 13.4. The summed E-state index contributed by atoms with van der Waals surface area (Å²) in [6.45, 7) is 8.56. The van der Waals surface area contributed by atoms with E-state index >= 15 is 0 Å². The highest BCUT2D eigenvalue weighted by atomic mass is 16.5. The number of nitrogens with one attached hydrogen (secondary N) is 1. The van der Waals surface area contributed by atoms with E-state index < -0.39 is 0 Å². The molecule has 18 heavy (non-hydrogen) atoms. The average molecular weight is 248 g/mol. The van der Waals surface area contributed by atoms with Crippen molar-refractivity contribution in [2.75, 3.05) is 39.3 Å². The Kier molecular flexibility index (Phi) is 5.49. The first-order valence-corrected chi connectivity index (χ1v) is 7.04. The molecule has 0 atom stereocenters. The first-order valence-electron chi connectivity index (χ1n) is 7.04. The number of para-hydroxylation sites is 1. The second kappa shape index (κ2) is 7.39. The van der Waals surface area contributed by atoms with Gasteiger partial charge in [-0.05, 0) is 37.6 Å². The van der Waals surface area contributed by atoms with Crippen molar-refractivity contribution in [3.63, 3.8) is 0 Å². The third-order valence-corrected chi connectivity index (χ3v) is 3.45. The zero-order valence-electron chi connectivity index (χ0n) is 11.3. The van der Waals surface area contributed by atoms with Crippen LogP contribution in [0.15, 0.2) is 24.3 Å². The maximum Gasteiger partial charge on any atom is 0.122 e. The van der Waals surface area contributed by atoms with Gasteiger partial charge in [0.2, 0.25) is 0 Å². The van der Waals surface area contributed by atoms with Crippen LogP contribution in [0.2, 0.25) is 0 Å². The summed E-state index contributed by atoms with van der Waals surface area (Å²) in [5.41, 5.74) is 1.30. The topological polar surface area (TPSA) is 24.5 Å². The van der Waals surface area contributed by atoms with Crippen LogP contribution in [0.4, 0.5) is 0 Å². The van der Waals surface area contributed by atoms with Gasteiger partial charge in [-0.3, -0.25) is 4.90 Å². The Hall–Kier alpha value is -1.06. The SMILES string of the molecule is CCc1ccccc1OCCN1CCCNCC1. The van der Waals surface area contributed by atoms with Crippen LogP contribution in [-0.4, -0.2) is 44.2 Å². The Labute approximate surface area is 110 Å². The summed E-state index contributed by atoms with van der Waals surface area (Å²) in [5, 5.41) is 3.42. The summed E-state index contributed by atoms with van der Waals surface area (Å²) >= 11 is 0. The number of nitrogens with zero attached hydrogens (tertiary/aromatic N) is 1. The van der Waals surface area contributed by atoms with E-state index in [0.29, 0.717) is 0 Å². The zero-order chi connectivity index (χ0) is 12.6. The van der Waals surface area contributed by atoms with Gasteiger partial charge >= 0.3 is 0 Å². The molecule has 1 aliphatic heterocycles. The normalized spacial score (nSPS) is 17.4. The van der Waals surface area contributed by atoms with Gasteiger partial charge < -0.3 is 10.1 Å². The molecule has 1 N–H and O–H groups in total. The number of aryl methyl sites for hydroxylation is 1. The molecule has 1 fully saturated rings. The van der Waals surface area contributed by atoms with E-state index in [9.17, 15) is 0 Å². The van der Waals surface area contributed by atoms with Crippen LogP contribution >= 0.6 is 0 Å². The third-order valence-electron chi connectivity index (χ3n) is 3.45. The van der Waals surface area contributed by atoms with Crippen molar-refractivity contribution in [3.05, 3.63) is 29.8 Å². The van der Waals surface area contributed by atoms with Crippen molar-refractivity contribution in [2.24, 2.45) is 0 Å². The van der Waals surface area contributed by atoms with Gasteiger partial charge in [-0.1, -0.05) is 25.1 Å². The van der Waals surface area contributed by atoms with Gasteiger partial charge in [0, 0.05) is 19.6 Å². The summed E-state index contributed by atoms with van der Waals surface area (Å²) in [6.07, 6.45) is 2.27. The Bertz CT molecular complexity index is 346. The Morgan fingerprint density at radius 3 is 3.00 bits per heavy atom. The highest BCUT2D eigenvalue weighted by molar-refractivity contribution is 5.33. The minimum Gasteiger partial charge on any atom is -0.492 e. The van der Waals surface area contributed by atoms with Crippen LogP contribution in [0.1, 0.15) is 18.9 Å². The van der Waals surface area contributed by atoms with Crippen molar-refractivity contribution in [1.82, 2.24) is 10.2 Å². The molecule has 2 rings (SSSR count). The van der Waals surface area contributed by atoms with E-state index in [2.05, 4.69) is 35.3 Å². The van der Waals surface area contributed by atoms with Crippen LogP contribution in [0.5, 0.6) is 5.75 Å². The molecule has 1 aliphatic rings. The van der Waals surface area contributed by atoms with Crippen molar-refractivity contribution < 1.29 is 4.74 Å². The molecule has 0 aliphatic carbocycles. The number of ether oxygens (including phenoxy) is 1. The number of hydrogen-bond donors (Lipinski definition) is 1. The van der Waals surface area contributed by atoms with Gasteiger partial charge in [0.1, 0.15) is 12.4 Å². The number of benzene rings is 1. The summed E-state index contributed by atoms with van der Waals surface area (Å²) in [6, 6.07) is 8.34. The van der Waals surface area contributed by atoms with Gasteiger partial charge in [-0.2, -0.15) is 0 Å². The van der Waals surface area contributed by atoms with Gasteiger partial charge in [-0.25, -0.2) is 0 Å². The number of hydrogen-bond acceptors (Lipinski definition) is 3. The summed E-state index contributed by atoms with van der Waals surface area (Å²) in [5.74, 6) is 1.05. The van der Waals surface area contributed by atoms with Crippen molar-refractivity contribution >= 4 is 0 Å². The van der Waals surface area contributed by atoms with Crippen molar-refractivity contribution in [3.8, 4) is 5.75 Å². The molecule has 0 aromatic heterocycles. The van der Waals surface area contributed by atoms with E-state index in [1.165, 1.54) is 18.5 Å². The minimum atomic E-state index is 0.789. The Morgan fingerprint density at radius 1 is 1.22 bits per heavy atom. The van der Waals surface area contributed by atoms with Gasteiger partial charge in [-0.15, -0.1) is 0 Å². The van der Waals surface area contributed by atoms with E-state index in [1.807, 2.05) is 6.07 Å². The van der Waals surface area contributed by atoms with Crippen molar-refractivity contribution in [1.29, 1.82) is 0 Å². The molecule has 0 bridgehead atoms. The predicted molar refractivity (Wildman–Crippen MR) is 75.2 cm³/mol. The average Bonchev–Trinajstić information content (AvgIpc) is 2.68. The highest BCUT2D eigenvalue weighted by Gasteiger charge is 2.08. The van der Waals surface area contributed by atoms with Gasteiger partial charge in [0.15, 0.2) is 0 Å². The molecule has 0 spiro atoms. The van der Waals surface area contributed by atoms with Crippen LogP contribution < -0.4 is 10.1 Å². The lowest BCUT2D eigenvalue weighted by molar-refractivity contribution is 0.216. The molecule has 0 unspecified atom stereocenters. The molecular formula is C15H24N2O. The molecule has 1 saturated heterocycles. The zero-order valence-corrected chi connectivity index (χ0v) is 11.3. The second-order valence-electron chi connectivity index (χ2n) is 4.75. The summed E-state index contributed by atoms with van der Waals surface area (Å²) in [7, 11) is 0. The lowest BCUT2D eigenvalue weighted by Gasteiger charge is -2.20. The maximum absolute atomic E-state index is 5.91. The van der Waals surface area contributed by atoms with Crippen LogP contribution in [-0.2, 0) is 6.42 Å². The fourth-order valence-corrected chi connectivity index (χ4v) is 2.35. The van der Waals surface area contributed by atoms with Crippen LogP contribution in [0.3, 0.4) is 0 Å². The fourth-order valence-electron chi connectivity index (χ4n) is 2.35. The van der Waals surface area contributed by atoms with E-state index in [4.69, 9.17) is 4.74 Å². The Morgan fingerprint density at radius 2 is 2.11 bits per heavy atom. The third kappa shape index (κ3) is 4.00. The monoisotopic (exact) mass is 248 g/mol. The van der Waals surface area contributed by atoms with Crippen LogP contribution in [0.25, 0.3) is 0 Å². The molecule has 100 valence electrons. The lowest BCUT2D eigenvalue weighted by atomic mass is 10.1. The molecule has 0 amide bonds. The number of rotatable bonds is 5. The van der Waals surface area contributed by atoms with Gasteiger partial charge in [0.05, 0.1) is 0 Å². The molecule has 3 heteroatoms. The lowest BCUT2D eigenvalue weighted by Crippen LogP contribution is -2.31. The molecule has 3 nitrogen and oxygen atoms in total. The highest BCUT2D eigenvalue weighted by Crippen LogP contribution is 2.18. The van der Waals surface area contributed by atoms with E-state index in [-0.39, 0.29) is 0 Å². The smallest absolute Gasteiger partial charge is 0.122 e. The van der Waals surface area contributed by atoms with E-state index in [1.54, 1.807) is 0 Å². The van der Waals surface area contributed by atoms with Crippen LogP contribution in [0, 0.1) is 0 Å². The van der Waals surface area contributed by atoms with Crippen molar-refractivity contribution in [2.45, 2.75) is 19.8 Å². The molecule has 0 saturated carbocycles. The fraction of sp³-hybridized carbons (Fsp3) is 0.600. The Balaban J connectivity index is 1.77. The molecule has 0 radical (unpaired) electrons. The molecular weight excluding hydrogens is 224 g/mol. The molecule has 1 heterocycles. The first-order chi connectivity index (χ1) is 8.90. The molecule has 1 aromatic carbocycles. The summed E-state index contributed by atoms with van der Waals surface area (Å²) in [4.78, 5) is 2.48. The quantitative estimate of drug-likeness (QED) is 0.861. The maximum atomic E-state index is 5.91. The van der Waals surface area contributed by atoms with E-state index in [0.717, 1.165) is 45.0 Å². The largest absolute Gasteiger partial charge is 0.492 e. The van der Waals surface area contributed by atoms with Gasteiger partial charge in [0.25, 0.3) is 0 Å². The standard InChI is InChI=1S/C15H24N2O/c1-2-14-6-3-4-7-15(14)18-13-12-17-10-5-8-16-9-11-17/h3-4,6-7,16H,2,5,8-13H2,1H3. The molecule has 1 aromatic rings.